The zero-order valence-electron chi connectivity index (χ0n) is 11.3. The van der Waals surface area contributed by atoms with Gasteiger partial charge in [-0.05, 0) is 31.5 Å². The van der Waals surface area contributed by atoms with Crippen LogP contribution >= 0.6 is 11.6 Å². The van der Waals surface area contributed by atoms with Crippen molar-refractivity contribution < 1.29 is 9.59 Å². The second kappa shape index (κ2) is 5.21. The quantitative estimate of drug-likeness (QED) is 0.791. The Morgan fingerprint density at radius 3 is 2.68 bits per heavy atom. The highest BCUT2D eigenvalue weighted by atomic mass is 35.5. The second-order valence-corrected chi connectivity index (χ2v) is 5.25. The van der Waals surface area contributed by atoms with E-state index in [4.69, 9.17) is 11.6 Å². The first-order chi connectivity index (χ1) is 8.91. The van der Waals surface area contributed by atoms with Gasteiger partial charge in [0.15, 0.2) is 0 Å². The Morgan fingerprint density at radius 2 is 2.05 bits per heavy atom. The lowest BCUT2D eigenvalue weighted by molar-refractivity contribution is -0.139. The van der Waals surface area contributed by atoms with Crippen LogP contribution in [0.15, 0.2) is 18.2 Å². The van der Waals surface area contributed by atoms with Crippen molar-refractivity contribution in [3.8, 4) is 0 Å². The van der Waals surface area contributed by atoms with Crippen molar-refractivity contribution in [1.82, 2.24) is 4.90 Å². The number of piperazine rings is 1. The fraction of sp³-hybridized carbons (Fsp3) is 0.429. The van der Waals surface area contributed by atoms with Crippen molar-refractivity contribution in [2.24, 2.45) is 0 Å². The first kappa shape index (κ1) is 13.9. The van der Waals surface area contributed by atoms with Crippen molar-refractivity contribution in [3.05, 3.63) is 28.8 Å². The number of halogens is 1. The molecule has 0 bridgehead atoms. The summed E-state index contributed by atoms with van der Waals surface area (Å²) in [5.74, 6) is -0.130. The minimum Gasteiger partial charge on any atom is -0.329 e. The van der Waals surface area contributed by atoms with Crippen LogP contribution in [-0.2, 0) is 9.59 Å². The van der Waals surface area contributed by atoms with E-state index in [0.717, 1.165) is 11.3 Å². The fourth-order valence-corrected chi connectivity index (χ4v) is 2.58. The number of carbonyl (C=O) groups excluding carboxylic acids is 2. The van der Waals surface area contributed by atoms with E-state index in [1.165, 1.54) is 6.92 Å². The van der Waals surface area contributed by atoms with Gasteiger partial charge in [0.05, 0.1) is 0 Å². The fourth-order valence-electron chi connectivity index (χ4n) is 2.41. The number of carbonyl (C=O) groups is 2. The molecule has 1 fully saturated rings. The van der Waals surface area contributed by atoms with Crippen molar-refractivity contribution in [2.75, 3.05) is 18.0 Å². The van der Waals surface area contributed by atoms with Crippen molar-refractivity contribution in [2.45, 2.75) is 26.8 Å². The van der Waals surface area contributed by atoms with E-state index in [1.54, 1.807) is 28.9 Å². The molecule has 1 aliphatic heterocycles. The van der Waals surface area contributed by atoms with Gasteiger partial charge in [0.25, 0.3) is 0 Å². The van der Waals surface area contributed by atoms with Gasteiger partial charge in [0, 0.05) is 30.7 Å². The van der Waals surface area contributed by atoms with Crippen LogP contribution in [0.4, 0.5) is 5.69 Å². The minimum absolute atomic E-state index is 0.0631. The summed E-state index contributed by atoms with van der Waals surface area (Å²) in [4.78, 5) is 27.2. The van der Waals surface area contributed by atoms with Crippen LogP contribution in [0.2, 0.25) is 5.02 Å². The third kappa shape index (κ3) is 2.59. The van der Waals surface area contributed by atoms with Gasteiger partial charge < -0.3 is 9.80 Å². The molecule has 102 valence electrons. The Bertz CT molecular complexity index is 530. The number of rotatable bonds is 1. The van der Waals surface area contributed by atoms with Crippen LogP contribution in [-0.4, -0.2) is 35.8 Å². The lowest BCUT2D eigenvalue weighted by atomic mass is 10.1. The molecule has 0 saturated carbocycles. The zero-order chi connectivity index (χ0) is 14.2. The van der Waals surface area contributed by atoms with Gasteiger partial charge in [-0.2, -0.15) is 0 Å². The van der Waals surface area contributed by atoms with Crippen LogP contribution < -0.4 is 4.90 Å². The van der Waals surface area contributed by atoms with Gasteiger partial charge in [0.1, 0.15) is 6.04 Å². The topological polar surface area (TPSA) is 40.6 Å². The van der Waals surface area contributed by atoms with Gasteiger partial charge in [-0.1, -0.05) is 17.7 Å². The summed E-state index contributed by atoms with van der Waals surface area (Å²) in [7, 11) is 0. The summed E-state index contributed by atoms with van der Waals surface area (Å²) in [6.07, 6.45) is 0. The monoisotopic (exact) mass is 280 g/mol. The largest absolute Gasteiger partial charge is 0.329 e. The van der Waals surface area contributed by atoms with E-state index in [1.807, 2.05) is 13.0 Å². The molecule has 1 heterocycles. The molecule has 0 spiro atoms. The standard InChI is InChI=1S/C14H17ClN2O2/c1-9-4-5-12(15)8-13(9)17-7-6-16(11(3)18)10(2)14(17)19/h4-5,8,10H,6-7H2,1-3H3/t10-/m0/s1. The number of hydrogen-bond acceptors (Lipinski definition) is 2. The number of benzene rings is 1. The van der Waals surface area contributed by atoms with E-state index >= 15 is 0 Å². The Morgan fingerprint density at radius 1 is 1.37 bits per heavy atom. The van der Waals surface area contributed by atoms with Crippen LogP contribution in [0.1, 0.15) is 19.4 Å². The van der Waals surface area contributed by atoms with Gasteiger partial charge in [-0.25, -0.2) is 0 Å². The highest BCUT2D eigenvalue weighted by molar-refractivity contribution is 6.31. The molecule has 5 heteroatoms. The minimum atomic E-state index is -0.426. The number of anilines is 1. The lowest BCUT2D eigenvalue weighted by Gasteiger charge is -2.39. The summed E-state index contributed by atoms with van der Waals surface area (Å²) in [6, 6.07) is 5.07. The third-order valence-electron chi connectivity index (χ3n) is 3.52. The van der Waals surface area contributed by atoms with Gasteiger partial charge in [-0.15, -0.1) is 0 Å². The maximum Gasteiger partial charge on any atom is 0.249 e. The van der Waals surface area contributed by atoms with Gasteiger partial charge in [-0.3, -0.25) is 9.59 Å². The molecular formula is C14H17ClN2O2. The normalized spacial score (nSPS) is 19.8. The maximum atomic E-state index is 12.4. The summed E-state index contributed by atoms with van der Waals surface area (Å²) >= 11 is 6.00. The number of hydrogen-bond donors (Lipinski definition) is 0. The van der Waals surface area contributed by atoms with E-state index in [-0.39, 0.29) is 11.8 Å². The molecule has 1 atom stereocenters. The first-order valence-corrected chi connectivity index (χ1v) is 6.64. The summed E-state index contributed by atoms with van der Waals surface area (Å²) in [5.41, 5.74) is 1.83. The summed E-state index contributed by atoms with van der Waals surface area (Å²) in [5, 5.41) is 0.607. The average molecular weight is 281 g/mol. The molecule has 1 aromatic carbocycles. The van der Waals surface area contributed by atoms with Crippen LogP contribution in [0.3, 0.4) is 0 Å². The molecule has 0 N–H and O–H groups in total. The Kier molecular flexibility index (Phi) is 3.80. The molecular weight excluding hydrogens is 264 g/mol. The lowest BCUT2D eigenvalue weighted by Crippen LogP contribution is -2.57. The predicted octanol–water partition coefficient (Wildman–Crippen LogP) is 2.23. The molecule has 1 saturated heterocycles. The van der Waals surface area contributed by atoms with E-state index in [9.17, 15) is 9.59 Å². The molecule has 0 aromatic heterocycles. The van der Waals surface area contributed by atoms with E-state index < -0.39 is 6.04 Å². The predicted molar refractivity (Wildman–Crippen MR) is 75.4 cm³/mol. The number of nitrogens with zero attached hydrogens (tertiary/aromatic N) is 2. The molecule has 1 aliphatic rings. The summed E-state index contributed by atoms with van der Waals surface area (Å²) < 4.78 is 0. The van der Waals surface area contributed by atoms with Crippen molar-refractivity contribution in [1.29, 1.82) is 0 Å². The van der Waals surface area contributed by atoms with Gasteiger partial charge >= 0.3 is 0 Å². The Labute approximate surface area is 117 Å². The molecule has 0 radical (unpaired) electrons. The van der Waals surface area contributed by atoms with Crippen LogP contribution in [0.25, 0.3) is 0 Å². The Hall–Kier alpha value is -1.55. The number of amides is 2. The number of aryl methyl sites for hydroxylation is 1. The second-order valence-electron chi connectivity index (χ2n) is 4.81. The maximum absolute atomic E-state index is 12.4. The van der Waals surface area contributed by atoms with Gasteiger partial charge in [0.2, 0.25) is 11.8 Å². The third-order valence-corrected chi connectivity index (χ3v) is 3.76. The molecule has 2 rings (SSSR count). The molecule has 19 heavy (non-hydrogen) atoms. The van der Waals surface area contributed by atoms with Crippen LogP contribution in [0.5, 0.6) is 0 Å². The van der Waals surface area contributed by atoms with E-state index in [0.29, 0.717) is 18.1 Å². The SMILES string of the molecule is CC(=O)N1CCN(c2cc(Cl)ccc2C)C(=O)[C@@H]1C. The Balaban J connectivity index is 2.30. The molecule has 0 unspecified atom stereocenters. The molecule has 4 nitrogen and oxygen atoms in total. The van der Waals surface area contributed by atoms with Crippen LogP contribution in [0, 0.1) is 6.92 Å². The van der Waals surface area contributed by atoms with Crippen molar-refractivity contribution >= 4 is 29.1 Å². The van der Waals surface area contributed by atoms with E-state index in [2.05, 4.69) is 0 Å². The molecule has 0 aliphatic carbocycles. The van der Waals surface area contributed by atoms with Crippen molar-refractivity contribution in [3.63, 3.8) is 0 Å². The molecule has 2 amide bonds. The average Bonchev–Trinajstić information content (AvgIpc) is 2.35. The highest BCUT2D eigenvalue weighted by Gasteiger charge is 2.34. The molecule has 1 aromatic rings. The smallest absolute Gasteiger partial charge is 0.249 e. The zero-order valence-corrected chi connectivity index (χ0v) is 12.1. The first-order valence-electron chi connectivity index (χ1n) is 6.26. The summed E-state index contributed by atoms with van der Waals surface area (Å²) in [6.45, 7) is 6.25. The highest BCUT2D eigenvalue weighted by Crippen LogP contribution is 2.27.